The molecule has 2 amide bonds. The first kappa shape index (κ1) is 21.5. The SMILES string of the molecule is CN(C)c1ncc(-c2ccc(Cl)cc2)c(C2CCCN2C(=O)CN2CCNC(=O)C2)n1. The number of nitrogens with one attached hydrogen (secondary N) is 1. The van der Waals surface area contributed by atoms with Crippen LogP contribution in [0.3, 0.4) is 0 Å². The van der Waals surface area contributed by atoms with Crippen LogP contribution in [0.15, 0.2) is 30.5 Å². The molecule has 1 unspecified atom stereocenters. The second kappa shape index (κ2) is 9.20. The highest BCUT2D eigenvalue weighted by molar-refractivity contribution is 6.30. The van der Waals surface area contributed by atoms with Crippen molar-refractivity contribution in [2.75, 3.05) is 51.7 Å². The third-order valence-electron chi connectivity index (χ3n) is 5.73. The number of hydrogen-bond donors (Lipinski definition) is 1. The molecule has 1 atom stereocenters. The first-order valence-corrected chi connectivity index (χ1v) is 10.9. The lowest BCUT2D eigenvalue weighted by Gasteiger charge is -2.31. The molecule has 0 spiro atoms. The monoisotopic (exact) mass is 442 g/mol. The van der Waals surface area contributed by atoms with E-state index in [0.717, 1.165) is 29.7 Å². The zero-order chi connectivity index (χ0) is 22.0. The smallest absolute Gasteiger partial charge is 0.237 e. The third-order valence-corrected chi connectivity index (χ3v) is 5.98. The summed E-state index contributed by atoms with van der Waals surface area (Å²) in [4.78, 5) is 39.9. The minimum atomic E-state index is -0.126. The number of carbonyl (C=O) groups excluding carboxylic acids is 2. The lowest BCUT2D eigenvalue weighted by Crippen LogP contribution is -2.51. The van der Waals surface area contributed by atoms with Crippen LogP contribution in [-0.2, 0) is 9.59 Å². The van der Waals surface area contributed by atoms with Crippen molar-refractivity contribution >= 4 is 29.4 Å². The number of carbonyl (C=O) groups is 2. The Balaban J connectivity index is 1.64. The number of likely N-dealkylation sites (tertiary alicyclic amines) is 1. The summed E-state index contributed by atoms with van der Waals surface area (Å²) in [7, 11) is 3.81. The highest BCUT2D eigenvalue weighted by Crippen LogP contribution is 2.37. The highest BCUT2D eigenvalue weighted by atomic mass is 35.5. The molecule has 0 aliphatic carbocycles. The number of hydrogen-bond acceptors (Lipinski definition) is 6. The summed E-state index contributed by atoms with van der Waals surface area (Å²) >= 11 is 6.08. The molecule has 3 heterocycles. The molecule has 2 aliphatic rings. The second-order valence-electron chi connectivity index (χ2n) is 8.18. The Labute approximate surface area is 187 Å². The van der Waals surface area contributed by atoms with E-state index in [4.69, 9.17) is 16.6 Å². The van der Waals surface area contributed by atoms with Crippen LogP contribution in [0.4, 0.5) is 5.95 Å². The lowest BCUT2D eigenvalue weighted by atomic mass is 10.00. The van der Waals surface area contributed by atoms with Gasteiger partial charge < -0.3 is 15.1 Å². The van der Waals surface area contributed by atoms with Gasteiger partial charge in [-0.25, -0.2) is 9.97 Å². The number of halogens is 1. The molecule has 2 aromatic rings. The van der Waals surface area contributed by atoms with Gasteiger partial charge in [-0.2, -0.15) is 0 Å². The molecule has 9 heteroatoms. The van der Waals surface area contributed by atoms with Gasteiger partial charge in [0.2, 0.25) is 17.8 Å². The summed E-state index contributed by atoms with van der Waals surface area (Å²) in [6.07, 6.45) is 3.59. The van der Waals surface area contributed by atoms with Crippen LogP contribution in [-0.4, -0.2) is 78.4 Å². The molecule has 1 N–H and O–H groups in total. The number of anilines is 1. The molecule has 0 saturated carbocycles. The number of aromatic nitrogens is 2. The number of benzene rings is 1. The molecule has 1 aromatic heterocycles. The summed E-state index contributed by atoms with van der Waals surface area (Å²) in [6, 6.07) is 7.47. The minimum Gasteiger partial charge on any atom is -0.354 e. The van der Waals surface area contributed by atoms with E-state index in [2.05, 4.69) is 10.3 Å². The van der Waals surface area contributed by atoms with Gasteiger partial charge in [0.05, 0.1) is 24.8 Å². The third kappa shape index (κ3) is 4.80. The normalized spacial score (nSPS) is 19.4. The molecular weight excluding hydrogens is 416 g/mol. The number of nitrogens with zero attached hydrogens (tertiary/aromatic N) is 5. The Kier molecular flexibility index (Phi) is 6.38. The second-order valence-corrected chi connectivity index (χ2v) is 8.61. The lowest BCUT2D eigenvalue weighted by molar-refractivity contribution is -0.134. The Morgan fingerprint density at radius 3 is 2.74 bits per heavy atom. The molecule has 2 saturated heterocycles. The van der Waals surface area contributed by atoms with Crippen LogP contribution >= 0.6 is 11.6 Å². The van der Waals surface area contributed by atoms with Gasteiger partial charge in [0.25, 0.3) is 0 Å². The van der Waals surface area contributed by atoms with E-state index < -0.39 is 0 Å². The molecule has 31 heavy (non-hydrogen) atoms. The van der Waals surface area contributed by atoms with Crippen molar-refractivity contribution < 1.29 is 9.59 Å². The average molecular weight is 443 g/mol. The van der Waals surface area contributed by atoms with Crippen molar-refractivity contribution in [1.29, 1.82) is 0 Å². The molecule has 0 radical (unpaired) electrons. The fraction of sp³-hybridized carbons (Fsp3) is 0.455. The van der Waals surface area contributed by atoms with Crippen molar-refractivity contribution in [3.8, 4) is 11.1 Å². The summed E-state index contributed by atoms with van der Waals surface area (Å²) in [6.45, 7) is 2.45. The first-order valence-electron chi connectivity index (χ1n) is 10.5. The van der Waals surface area contributed by atoms with Gasteiger partial charge in [-0.1, -0.05) is 23.7 Å². The minimum absolute atomic E-state index is 0.0317. The largest absolute Gasteiger partial charge is 0.354 e. The van der Waals surface area contributed by atoms with Crippen molar-refractivity contribution in [2.45, 2.75) is 18.9 Å². The van der Waals surface area contributed by atoms with E-state index in [1.807, 2.05) is 59.3 Å². The standard InChI is InChI=1S/C22H27ClN6O2/c1-27(2)22-25-12-17(15-5-7-16(23)8-6-15)21(26-22)18-4-3-10-29(18)20(31)14-28-11-9-24-19(30)13-28/h5-8,12,18H,3-4,9-11,13-14H2,1-2H3,(H,24,30). The Hall–Kier alpha value is -2.71. The van der Waals surface area contributed by atoms with E-state index in [1.165, 1.54) is 0 Å². The summed E-state index contributed by atoms with van der Waals surface area (Å²) < 4.78 is 0. The van der Waals surface area contributed by atoms with Gasteiger partial charge in [0.15, 0.2) is 0 Å². The van der Waals surface area contributed by atoms with Crippen molar-refractivity contribution in [3.63, 3.8) is 0 Å². The molecule has 1 aromatic carbocycles. The Morgan fingerprint density at radius 2 is 2.03 bits per heavy atom. The van der Waals surface area contributed by atoms with Crippen LogP contribution in [0.1, 0.15) is 24.6 Å². The number of rotatable bonds is 5. The molecule has 8 nitrogen and oxygen atoms in total. The van der Waals surface area contributed by atoms with Crippen LogP contribution in [0, 0.1) is 0 Å². The number of piperazine rings is 1. The molecule has 2 fully saturated rings. The first-order chi connectivity index (χ1) is 14.9. The van der Waals surface area contributed by atoms with Gasteiger partial charge in [0.1, 0.15) is 0 Å². The maximum atomic E-state index is 13.2. The van der Waals surface area contributed by atoms with Gasteiger partial charge in [-0.3, -0.25) is 14.5 Å². The summed E-state index contributed by atoms with van der Waals surface area (Å²) in [5, 5.41) is 3.47. The zero-order valence-electron chi connectivity index (χ0n) is 17.8. The van der Waals surface area contributed by atoms with Crippen LogP contribution in [0.2, 0.25) is 5.02 Å². The van der Waals surface area contributed by atoms with E-state index in [9.17, 15) is 9.59 Å². The van der Waals surface area contributed by atoms with Crippen LogP contribution in [0.5, 0.6) is 0 Å². The maximum absolute atomic E-state index is 13.2. The van der Waals surface area contributed by atoms with Crippen molar-refractivity contribution in [2.24, 2.45) is 0 Å². The van der Waals surface area contributed by atoms with Crippen LogP contribution < -0.4 is 10.2 Å². The summed E-state index contributed by atoms with van der Waals surface area (Å²) in [5.74, 6) is 0.609. The predicted molar refractivity (Wildman–Crippen MR) is 120 cm³/mol. The molecule has 4 rings (SSSR count). The van der Waals surface area contributed by atoms with Gasteiger partial charge in [-0.15, -0.1) is 0 Å². The van der Waals surface area contributed by atoms with E-state index in [0.29, 0.717) is 30.6 Å². The van der Waals surface area contributed by atoms with Crippen molar-refractivity contribution in [1.82, 2.24) is 25.1 Å². The molecule has 0 bridgehead atoms. The molecule has 164 valence electrons. The van der Waals surface area contributed by atoms with Crippen LogP contribution in [0.25, 0.3) is 11.1 Å². The molecule has 2 aliphatic heterocycles. The van der Waals surface area contributed by atoms with Gasteiger partial charge in [0, 0.05) is 50.5 Å². The topological polar surface area (TPSA) is 81.7 Å². The fourth-order valence-electron chi connectivity index (χ4n) is 4.16. The zero-order valence-corrected chi connectivity index (χ0v) is 18.6. The Morgan fingerprint density at radius 1 is 1.26 bits per heavy atom. The maximum Gasteiger partial charge on any atom is 0.237 e. The Bertz CT molecular complexity index is 965. The van der Waals surface area contributed by atoms with E-state index in [-0.39, 0.29) is 30.9 Å². The highest BCUT2D eigenvalue weighted by Gasteiger charge is 2.34. The van der Waals surface area contributed by atoms with E-state index in [1.54, 1.807) is 0 Å². The quantitative estimate of drug-likeness (QED) is 0.762. The predicted octanol–water partition coefficient (Wildman–Crippen LogP) is 1.96. The fourth-order valence-corrected chi connectivity index (χ4v) is 4.29. The molecular formula is C22H27ClN6O2. The van der Waals surface area contributed by atoms with E-state index >= 15 is 0 Å². The number of amides is 2. The average Bonchev–Trinajstić information content (AvgIpc) is 3.24. The van der Waals surface area contributed by atoms with Crippen molar-refractivity contribution in [3.05, 3.63) is 41.2 Å². The van der Waals surface area contributed by atoms with Gasteiger partial charge in [-0.05, 0) is 30.5 Å². The summed E-state index contributed by atoms with van der Waals surface area (Å²) in [5.41, 5.74) is 2.73. The van der Waals surface area contributed by atoms with Gasteiger partial charge >= 0.3 is 0 Å².